The lowest BCUT2D eigenvalue weighted by Gasteiger charge is -2.19. The summed E-state index contributed by atoms with van der Waals surface area (Å²) in [7, 11) is 1.68. The Morgan fingerprint density at radius 2 is 2.40 bits per heavy atom. The van der Waals surface area contributed by atoms with E-state index in [0.717, 1.165) is 37.2 Å². The maximum atomic E-state index is 12.0. The Hall–Kier alpha value is -0.630. The van der Waals surface area contributed by atoms with Crippen LogP contribution in [0.3, 0.4) is 0 Å². The lowest BCUT2D eigenvalue weighted by atomic mass is 9.85. The van der Waals surface area contributed by atoms with Gasteiger partial charge in [-0.15, -0.1) is 0 Å². The van der Waals surface area contributed by atoms with Crippen LogP contribution in [0.5, 0.6) is 0 Å². The van der Waals surface area contributed by atoms with E-state index in [1.165, 1.54) is 0 Å². The van der Waals surface area contributed by atoms with Gasteiger partial charge in [-0.3, -0.25) is 4.79 Å². The van der Waals surface area contributed by atoms with E-state index in [1.807, 2.05) is 6.92 Å². The molecule has 2 nitrogen and oxygen atoms in total. The molecular weight excluding hydrogens is 188 g/mol. The molecule has 2 atom stereocenters. The van der Waals surface area contributed by atoms with E-state index < -0.39 is 0 Å². The van der Waals surface area contributed by atoms with Crippen LogP contribution in [0.15, 0.2) is 11.6 Å². The molecule has 0 aromatic heterocycles. The molecule has 0 fully saturated rings. The number of rotatable bonds is 5. The first-order valence-corrected chi connectivity index (χ1v) is 5.87. The summed E-state index contributed by atoms with van der Waals surface area (Å²) in [6.45, 7) is 4.92. The van der Waals surface area contributed by atoms with Crippen molar-refractivity contribution in [2.75, 3.05) is 13.7 Å². The van der Waals surface area contributed by atoms with Gasteiger partial charge in [0.25, 0.3) is 0 Å². The van der Waals surface area contributed by atoms with Gasteiger partial charge in [-0.2, -0.15) is 0 Å². The quantitative estimate of drug-likeness (QED) is 0.697. The summed E-state index contributed by atoms with van der Waals surface area (Å²) in [5.41, 5.74) is 1.05. The molecule has 1 aliphatic rings. The second-order valence-corrected chi connectivity index (χ2v) is 4.66. The zero-order valence-corrected chi connectivity index (χ0v) is 10.1. The van der Waals surface area contributed by atoms with E-state index in [-0.39, 0.29) is 5.92 Å². The monoisotopic (exact) mass is 210 g/mol. The van der Waals surface area contributed by atoms with Gasteiger partial charge in [-0.05, 0) is 37.2 Å². The molecule has 0 saturated carbocycles. The van der Waals surface area contributed by atoms with Crippen molar-refractivity contribution in [2.45, 2.75) is 39.5 Å². The number of hydrogen-bond donors (Lipinski definition) is 0. The number of ketones is 1. The Morgan fingerprint density at radius 3 is 2.93 bits per heavy atom. The van der Waals surface area contributed by atoms with Gasteiger partial charge in [0.15, 0.2) is 5.78 Å². The van der Waals surface area contributed by atoms with Crippen molar-refractivity contribution >= 4 is 5.78 Å². The van der Waals surface area contributed by atoms with Gasteiger partial charge in [0.1, 0.15) is 0 Å². The zero-order chi connectivity index (χ0) is 11.3. The highest BCUT2D eigenvalue weighted by atomic mass is 16.5. The topological polar surface area (TPSA) is 26.3 Å². The molecule has 0 spiro atoms. The molecule has 0 heterocycles. The number of Topliss-reactive ketones (excluding diaryl/α,β-unsaturated/α-hetero) is 1. The summed E-state index contributed by atoms with van der Waals surface area (Å²) in [5.74, 6) is 1.19. The highest BCUT2D eigenvalue weighted by Crippen LogP contribution is 2.25. The predicted octanol–water partition coefficient (Wildman–Crippen LogP) is 2.97. The Kier molecular flexibility index (Phi) is 5.03. The van der Waals surface area contributed by atoms with E-state index in [0.29, 0.717) is 12.4 Å². The lowest BCUT2D eigenvalue weighted by Crippen LogP contribution is -2.18. The minimum atomic E-state index is 0.115. The third-order valence-corrected chi connectivity index (χ3v) is 3.19. The minimum absolute atomic E-state index is 0.115. The number of ether oxygens (including phenoxy) is 1. The molecule has 0 saturated heterocycles. The molecule has 0 amide bonds. The number of carbonyl (C=O) groups excluding carboxylic acids is 1. The van der Waals surface area contributed by atoms with E-state index in [4.69, 9.17) is 4.74 Å². The summed E-state index contributed by atoms with van der Waals surface area (Å²) in [6, 6.07) is 0. The summed E-state index contributed by atoms with van der Waals surface area (Å²) in [4.78, 5) is 12.0. The molecule has 0 aromatic rings. The predicted molar refractivity (Wildman–Crippen MR) is 61.8 cm³/mol. The van der Waals surface area contributed by atoms with Gasteiger partial charge in [0.2, 0.25) is 0 Å². The number of carbonyl (C=O) groups is 1. The third-order valence-electron chi connectivity index (χ3n) is 3.19. The lowest BCUT2D eigenvalue weighted by molar-refractivity contribution is -0.119. The van der Waals surface area contributed by atoms with Crippen LogP contribution in [0, 0.1) is 11.8 Å². The number of allylic oxidation sites excluding steroid dienone is 2. The zero-order valence-electron chi connectivity index (χ0n) is 10.1. The van der Waals surface area contributed by atoms with E-state index in [1.54, 1.807) is 7.11 Å². The van der Waals surface area contributed by atoms with Crippen LogP contribution in [0.25, 0.3) is 0 Å². The fraction of sp³-hybridized carbons (Fsp3) is 0.769. The van der Waals surface area contributed by atoms with Crippen molar-refractivity contribution in [3.63, 3.8) is 0 Å². The molecule has 0 aliphatic heterocycles. The van der Waals surface area contributed by atoms with Crippen molar-refractivity contribution in [1.29, 1.82) is 0 Å². The third kappa shape index (κ3) is 3.78. The van der Waals surface area contributed by atoms with Gasteiger partial charge in [0, 0.05) is 19.6 Å². The first-order valence-electron chi connectivity index (χ1n) is 5.87. The van der Waals surface area contributed by atoms with Crippen LogP contribution in [-0.4, -0.2) is 19.5 Å². The molecule has 0 N–H and O–H groups in total. The second-order valence-electron chi connectivity index (χ2n) is 4.66. The highest BCUT2D eigenvalue weighted by molar-refractivity contribution is 5.96. The van der Waals surface area contributed by atoms with Crippen LogP contribution in [0.1, 0.15) is 39.5 Å². The SMILES string of the molecule is COCCC(C)C(=O)C1=CCC(C)CC1. The van der Waals surface area contributed by atoms with Crippen LogP contribution in [-0.2, 0) is 9.53 Å². The Balaban J connectivity index is 2.45. The summed E-state index contributed by atoms with van der Waals surface area (Å²) >= 11 is 0. The van der Waals surface area contributed by atoms with Crippen molar-refractivity contribution < 1.29 is 9.53 Å². The maximum absolute atomic E-state index is 12.0. The molecular formula is C13H22O2. The van der Waals surface area contributed by atoms with Crippen molar-refractivity contribution in [2.24, 2.45) is 11.8 Å². The van der Waals surface area contributed by atoms with Crippen molar-refractivity contribution in [3.05, 3.63) is 11.6 Å². The summed E-state index contributed by atoms with van der Waals surface area (Å²) in [5, 5.41) is 0. The fourth-order valence-electron chi connectivity index (χ4n) is 1.93. The molecule has 0 radical (unpaired) electrons. The normalized spacial score (nSPS) is 23.4. The van der Waals surface area contributed by atoms with Crippen molar-refractivity contribution in [1.82, 2.24) is 0 Å². The molecule has 2 unspecified atom stereocenters. The summed E-state index contributed by atoms with van der Waals surface area (Å²) < 4.78 is 5.00. The Bertz CT molecular complexity index is 243. The largest absolute Gasteiger partial charge is 0.385 e. The molecule has 0 bridgehead atoms. The Morgan fingerprint density at radius 1 is 1.67 bits per heavy atom. The number of hydrogen-bond acceptors (Lipinski definition) is 2. The fourth-order valence-corrected chi connectivity index (χ4v) is 1.93. The van der Waals surface area contributed by atoms with Crippen molar-refractivity contribution in [3.8, 4) is 0 Å². The van der Waals surface area contributed by atoms with Gasteiger partial charge in [0.05, 0.1) is 0 Å². The Labute approximate surface area is 92.7 Å². The first-order chi connectivity index (χ1) is 7.15. The van der Waals surface area contributed by atoms with E-state index in [2.05, 4.69) is 13.0 Å². The second kappa shape index (κ2) is 6.06. The molecule has 1 aliphatic carbocycles. The molecule has 1 rings (SSSR count). The maximum Gasteiger partial charge on any atom is 0.161 e. The molecule has 2 heteroatoms. The molecule has 86 valence electrons. The smallest absolute Gasteiger partial charge is 0.161 e. The standard InChI is InChI=1S/C13H22O2/c1-10-4-6-12(7-5-10)13(14)11(2)8-9-15-3/h6,10-11H,4-5,7-9H2,1-3H3. The van der Waals surface area contributed by atoms with Crippen LogP contribution in [0.2, 0.25) is 0 Å². The summed E-state index contributed by atoms with van der Waals surface area (Å²) in [6.07, 6.45) is 6.17. The van der Waals surface area contributed by atoms with Gasteiger partial charge < -0.3 is 4.74 Å². The van der Waals surface area contributed by atoms with Gasteiger partial charge >= 0.3 is 0 Å². The minimum Gasteiger partial charge on any atom is -0.385 e. The molecule has 0 aromatic carbocycles. The number of methoxy groups -OCH3 is 1. The van der Waals surface area contributed by atoms with Crippen LogP contribution >= 0.6 is 0 Å². The average Bonchev–Trinajstić information content (AvgIpc) is 2.26. The average molecular weight is 210 g/mol. The highest BCUT2D eigenvalue weighted by Gasteiger charge is 2.20. The van der Waals surface area contributed by atoms with E-state index >= 15 is 0 Å². The first kappa shape index (κ1) is 12.4. The van der Waals surface area contributed by atoms with Gasteiger partial charge in [-0.1, -0.05) is 19.9 Å². The van der Waals surface area contributed by atoms with E-state index in [9.17, 15) is 4.79 Å². The van der Waals surface area contributed by atoms with Crippen LogP contribution in [0.4, 0.5) is 0 Å². The molecule has 15 heavy (non-hydrogen) atoms. The van der Waals surface area contributed by atoms with Gasteiger partial charge in [-0.25, -0.2) is 0 Å². The van der Waals surface area contributed by atoms with Crippen LogP contribution < -0.4 is 0 Å².